The van der Waals surface area contributed by atoms with Crippen LogP contribution in [0.25, 0.3) is 0 Å². The lowest BCUT2D eigenvalue weighted by Crippen LogP contribution is -2.59. The van der Waals surface area contributed by atoms with Crippen molar-refractivity contribution in [3.63, 3.8) is 0 Å². The number of carbonyl (C=O) groups excluding carboxylic acids is 2. The van der Waals surface area contributed by atoms with Crippen molar-refractivity contribution < 1.29 is 14.3 Å². The van der Waals surface area contributed by atoms with Gasteiger partial charge >= 0.3 is 0 Å². The van der Waals surface area contributed by atoms with Crippen molar-refractivity contribution in [2.75, 3.05) is 26.2 Å². The first-order valence-electron chi connectivity index (χ1n) is 8.30. The summed E-state index contributed by atoms with van der Waals surface area (Å²) >= 11 is 0. The molecule has 0 aliphatic carbocycles. The molecule has 0 N–H and O–H groups in total. The number of benzene rings is 1. The molecule has 23 heavy (non-hydrogen) atoms. The third-order valence-electron chi connectivity index (χ3n) is 4.67. The molecule has 1 aromatic rings. The van der Waals surface area contributed by atoms with Gasteiger partial charge in [-0.1, -0.05) is 12.1 Å². The Balaban J connectivity index is 1.49. The van der Waals surface area contributed by atoms with Gasteiger partial charge in [-0.15, -0.1) is 0 Å². The number of likely N-dealkylation sites (tertiary alicyclic amines) is 2. The van der Waals surface area contributed by atoms with Crippen molar-refractivity contribution in [1.29, 1.82) is 0 Å². The molecule has 3 rings (SSSR count). The Morgan fingerprint density at radius 1 is 1.17 bits per heavy atom. The van der Waals surface area contributed by atoms with Gasteiger partial charge < -0.3 is 14.5 Å². The molecular formula is C18H24N2O3. The van der Waals surface area contributed by atoms with Crippen LogP contribution < -0.4 is 4.74 Å². The Bertz CT molecular complexity index is 596. The van der Waals surface area contributed by atoms with Crippen LogP contribution in [0.3, 0.4) is 0 Å². The Morgan fingerprint density at radius 2 is 1.96 bits per heavy atom. The van der Waals surface area contributed by atoms with Gasteiger partial charge in [-0.05, 0) is 37.5 Å². The van der Waals surface area contributed by atoms with Crippen molar-refractivity contribution in [2.45, 2.75) is 32.8 Å². The van der Waals surface area contributed by atoms with Gasteiger partial charge in [0.2, 0.25) is 11.8 Å². The summed E-state index contributed by atoms with van der Waals surface area (Å²) in [6.45, 7) is 6.23. The Labute approximate surface area is 137 Å². The zero-order valence-electron chi connectivity index (χ0n) is 13.8. The molecule has 0 spiro atoms. The minimum atomic E-state index is -0.0485. The van der Waals surface area contributed by atoms with Crippen molar-refractivity contribution in [2.24, 2.45) is 5.92 Å². The molecule has 2 fully saturated rings. The number of ether oxygens (including phenoxy) is 1. The molecule has 1 atom stereocenters. The van der Waals surface area contributed by atoms with Crippen LogP contribution in [0.2, 0.25) is 0 Å². The number of aryl methyl sites for hydroxylation is 1. The van der Waals surface area contributed by atoms with E-state index >= 15 is 0 Å². The van der Waals surface area contributed by atoms with Crippen molar-refractivity contribution in [3.8, 4) is 5.75 Å². The lowest BCUT2D eigenvalue weighted by Gasteiger charge is -2.42. The molecule has 5 nitrogen and oxygen atoms in total. The highest BCUT2D eigenvalue weighted by Crippen LogP contribution is 2.24. The van der Waals surface area contributed by atoms with E-state index in [4.69, 9.17) is 4.74 Å². The fourth-order valence-corrected chi connectivity index (χ4v) is 3.30. The minimum Gasteiger partial charge on any atom is -0.487 e. The first-order chi connectivity index (χ1) is 11.0. The normalized spacial score (nSPS) is 21.7. The fourth-order valence-electron chi connectivity index (χ4n) is 3.30. The van der Waals surface area contributed by atoms with Crippen LogP contribution in [0.5, 0.6) is 5.75 Å². The maximum absolute atomic E-state index is 12.5. The van der Waals surface area contributed by atoms with E-state index in [1.54, 1.807) is 11.8 Å². The second kappa shape index (κ2) is 6.60. The highest BCUT2D eigenvalue weighted by molar-refractivity contribution is 5.81. The van der Waals surface area contributed by atoms with E-state index in [9.17, 15) is 9.59 Å². The maximum Gasteiger partial charge on any atom is 0.227 e. The number of hydrogen-bond donors (Lipinski definition) is 0. The predicted molar refractivity (Wildman–Crippen MR) is 87.2 cm³/mol. The molecule has 1 aromatic carbocycles. The monoisotopic (exact) mass is 316 g/mol. The fraction of sp³-hybridized carbons (Fsp3) is 0.556. The van der Waals surface area contributed by atoms with E-state index in [2.05, 4.69) is 0 Å². The van der Waals surface area contributed by atoms with Crippen LogP contribution in [0.4, 0.5) is 0 Å². The molecule has 0 saturated carbocycles. The average molecular weight is 316 g/mol. The number of carbonyl (C=O) groups is 2. The summed E-state index contributed by atoms with van der Waals surface area (Å²) in [5, 5.41) is 0. The van der Waals surface area contributed by atoms with E-state index in [1.807, 2.05) is 36.1 Å². The molecule has 0 unspecified atom stereocenters. The quantitative estimate of drug-likeness (QED) is 0.855. The van der Waals surface area contributed by atoms with E-state index < -0.39 is 0 Å². The molecule has 2 aliphatic rings. The highest BCUT2D eigenvalue weighted by Gasteiger charge is 2.37. The number of rotatable bonds is 3. The maximum atomic E-state index is 12.5. The average Bonchev–Trinajstić information content (AvgIpc) is 2.50. The van der Waals surface area contributed by atoms with Gasteiger partial charge in [-0.3, -0.25) is 9.59 Å². The smallest absolute Gasteiger partial charge is 0.227 e. The minimum absolute atomic E-state index is 0.0485. The second-order valence-corrected chi connectivity index (χ2v) is 6.60. The summed E-state index contributed by atoms with van der Waals surface area (Å²) in [6.07, 6.45) is 1.86. The summed E-state index contributed by atoms with van der Waals surface area (Å²) in [5.74, 6) is 1.04. The molecule has 5 heteroatoms. The molecule has 2 aliphatic heterocycles. The molecule has 2 amide bonds. The van der Waals surface area contributed by atoms with Crippen LogP contribution in [0.1, 0.15) is 25.3 Å². The van der Waals surface area contributed by atoms with E-state index in [0.717, 1.165) is 25.1 Å². The summed E-state index contributed by atoms with van der Waals surface area (Å²) < 4.78 is 5.90. The highest BCUT2D eigenvalue weighted by atomic mass is 16.5. The third kappa shape index (κ3) is 3.66. The van der Waals surface area contributed by atoms with E-state index in [1.165, 1.54) is 5.56 Å². The van der Waals surface area contributed by atoms with Crippen molar-refractivity contribution in [3.05, 3.63) is 29.8 Å². The number of nitrogens with zero attached hydrogens (tertiary/aromatic N) is 2. The van der Waals surface area contributed by atoms with Gasteiger partial charge in [0, 0.05) is 20.0 Å². The summed E-state index contributed by atoms with van der Waals surface area (Å²) in [5.41, 5.74) is 1.17. The summed E-state index contributed by atoms with van der Waals surface area (Å²) in [4.78, 5) is 27.7. The van der Waals surface area contributed by atoms with Crippen molar-refractivity contribution in [1.82, 2.24) is 9.80 Å². The van der Waals surface area contributed by atoms with Gasteiger partial charge in [-0.2, -0.15) is 0 Å². The summed E-state index contributed by atoms with van der Waals surface area (Å²) in [6, 6.07) is 7.97. The van der Waals surface area contributed by atoms with E-state index in [0.29, 0.717) is 19.6 Å². The first-order valence-corrected chi connectivity index (χ1v) is 8.30. The number of amides is 2. The number of hydrogen-bond acceptors (Lipinski definition) is 3. The van der Waals surface area contributed by atoms with Crippen molar-refractivity contribution >= 4 is 11.8 Å². The SMILES string of the molecule is CC(=O)N1CCC[C@H](C(=O)N2CC(Oc3cccc(C)c3)C2)C1. The topological polar surface area (TPSA) is 49.9 Å². The van der Waals surface area contributed by atoms with Gasteiger partial charge in [0.15, 0.2) is 0 Å². The zero-order valence-corrected chi connectivity index (χ0v) is 13.8. The van der Waals surface area contributed by atoms with Crippen LogP contribution in [-0.2, 0) is 9.59 Å². The Morgan fingerprint density at radius 3 is 2.65 bits per heavy atom. The van der Waals surface area contributed by atoms with Gasteiger partial charge in [0.05, 0.1) is 19.0 Å². The van der Waals surface area contributed by atoms with Gasteiger partial charge in [0.1, 0.15) is 11.9 Å². The van der Waals surface area contributed by atoms with Crippen LogP contribution in [0.15, 0.2) is 24.3 Å². The largest absolute Gasteiger partial charge is 0.487 e. The summed E-state index contributed by atoms with van der Waals surface area (Å²) in [7, 11) is 0. The number of piperidine rings is 1. The molecule has 2 saturated heterocycles. The first kappa shape index (κ1) is 15.8. The lowest BCUT2D eigenvalue weighted by molar-refractivity contribution is -0.147. The second-order valence-electron chi connectivity index (χ2n) is 6.60. The molecule has 0 bridgehead atoms. The lowest BCUT2D eigenvalue weighted by atomic mass is 9.95. The third-order valence-corrected chi connectivity index (χ3v) is 4.67. The van der Waals surface area contributed by atoms with E-state index in [-0.39, 0.29) is 23.8 Å². The standard InChI is InChI=1S/C18H24N2O3/c1-13-5-3-7-16(9-13)23-17-11-20(12-17)18(22)15-6-4-8-19(10-15)14(2)21/h3,5,7,9,15,17H,4,6,8,10-12H2,1-2H3/t15-/m0/s1. The predicted octanol–water partition coefficient (Wildman–Crippen LogP) is 1.84. The molecule has 0 aromatic heterocycles. The van der Waals surface area contributed by atoms with Crippen LogP contribution >= 0.6 is 0 Å². The van der Waals surface area contributed by atoms with Crippen LogP contribution in [-0.4, -0.2) is 53.9 Å². The molecular weight excluding hydrogens is 292 g/mol. The zero-order chi connectivity index (χ0) is 16.4. The molecule has 124 valence electrons. The molecule has 0 radical (unpaired) electrons. The van der Waals surface area contributed by atoms with Gasteiger partial charge in [0.25, 0.3) is 0 Å². The Hall–Kier alpha value is -2.04. The van der Waals surface area contributed by atoms with Crippen LogP contribution in [0, 0.1) is 12.8 Å². The Kier molecular flexibility index (Phi) is 4.55. The van der Waals surface area contributed by atoms with Gasteiger partial charge in [-0.25, -0.2) is 0 Å². The molecule has 2 heterocycles.